The molecule has 1 N–H and O–H groups in total. The van der Waals surface area contributed by atoms with E-state index in [0.29, 0.717) is 6.04 Å². The van der Waals surface area contributed by atoms with E-state index < -0.39 is 0 Å². The van der Waals surface area contributed by atoms with Gasteiger partial charge in [-0.05, 0) is 18.8 Å². The molecule has 0 aliphatic heterocycles. The van der Waals surface area contributed by atoms with Crippen LogP contribution in [-0.4, -0.2) is 15.6 Å². The SMILES string of the molecule is CC1CCCC(Nc2cnns2)C1. The van der Waals surface area contributed by atoms with E-state index in [1.54, 1.807) is 0 Å². The minimum atomic E-state index is 0.644. The summed E-state index contributed by atoms with van der Waals surface area (Å²) in [5.74, 6) is 0.868. The maximum absolute atomic E-state index is 3.84. The molecular formula is C9H15N3S. The lowest BCUT2D eigenvalue weighted by Gasteiger charge is -2.27. The average Bonchev–Trinajstić information content (AvgIpc) is 2.57. The molecule has 0 aromatic carbocycles. The Morgan fingerprint density at radius 3 is 3.15 bits per heavy atom. The van der Waals surface area contributed by atoms with Crippen molar-refractivity contribution in [1.29, 1.82) is 0 Å². The third-order valence-corrected chi connectivity index (χ3v) is 3.24. The number of nitrogens with one attached hydrogen (secondary N) is 1. The predicted molar refractivity (Wildman–Crippen MR) is 55.0 cm³/mol. The van der Waals surface area contributed by atoms with E-state index in [4.69, 9.17) is 0 Å². The fourth-order valence-electron chi connectivity index (χ4n) is 2.00. The smallest absolute Gasteiger partial charge is 0.130 e. The van der Waals surface area contributed by atoms with E-state index in [0.717, 1.165) is 10.9 Å². The quantitative estimate of drug-likeness (QED) is 0.791. The average molecular weight is 197 g/mol. The van der Waals surface area contributed by atoms with Crippen molar-refractivity contribution in [1.82, 2.24) is 9.59 Å². The van der Waals surface area contributed by atoms with Crippen LogP contribution < -0.4 is 5.32 Å². The number of hydrogen-bond donors (Lipinski definition) is 1. The summed E-state index contributed by atoms with van der Waals surface area (Å²) >= 11 is 1.45. The highest BCUT2D eigenvalue weighted by Crippen LogP contribution is 2.26. The summed E-state index contributed by atoms with van der Waals surface area (Å²) < 4.78 is 3.84. The third-order valence-electron chi connectivity index (χ3n) is 2.64. The van der Waals surface area contributed by atoms with Gasteiger partial charge < -0.3 is 5.32 Å². The second-order valence-electron chi connectivity index (χ2n) is 3.89. The lowest BCUT2D eigenvalue weighted by Crippen LogP contribution is -2.25. The molecule has 2 unspecified atom stereocenters. The molecule has 1 saturated carbocycles. The summed E-state index contributed by atoms with van der Waals surface area (Å²) in [6, 6.07) is 0.644. The zero-order chi connectivity index (χ0) is 9.10. The number of aromatic nitrogens is 2. The van der Waals surface area contributed by atoms with Crippen molar-refractivity contribution in [2.45, 2.75) is 38.6 Å². The van der Waals surface area contributed by atoms with Crippen molar-refractivity contribution >= 4 is 16.5 Å². The first-order valence-corrected chi connectivity index (χ1v) is 5.66. The van der Waals surface area contributed by atoms with Crippen LogP contribution in [0.25, 0.3) is 0 Å². The highest BCUT2D eigenvalue weighted by Gasteiger charge is 2.18. The Morgan fingerprint density at radius 2 is 2.46 bits per heavy atom. The Bertz CT molecular complexity index is 247. The van der Waals surface area contributed by atoms with Crippen LogP contribution in [0.2, 0.25) is 0 Å². The van der Waals surface area contributed by atoms with Crippen molar-refractivity contribution in [3.63, 3.8) is 0 Å². The minimum Gasteiger partial charge on any atom is -0.372 e. The molecule has 1 aromatic heterocycles. The van der Waals surface area contributed by atoms with Gasteiger partial charge in [-0.15, -0.1) is 5.10 Å². The van der Waals surface area contributed by atoms with Gasteiger partial charge in [-0.3, -0.25) is 0 Å². The first-order valence-electron chi connectivity index (χ1n) is 4.88. The maximum atomic E-state index is 3.84. The summed E-state index contributed by atoms with van der Waals surface area (Å²) in [6.07, 6.45) is 7.13. The second-order valence-corrected chi connectivity index (χ2v) is 4.68. The Labute approximate surface area is 82.7 Å². The van der Waals surface area contributed by atoms with Gasteiger partial charge >= 0.3 is 0 Å². The molecule has 0 amide bonds. The van der Waals surface area contributed by atoms with Crippen molar-refractivity contribution in [2.24, 2.45) is 5.92 Å². The molecule has 13 heavy (non-hydrogen) atoms. The molecule has 2 rings (SSSR count). The molecule has 1 aliphatic carbocycles. The molecule has 2 atom stereocenters. The lowest BCUT2D eigenvalue weighted by molar-refractivity contribution is 0.359. The number of hydrogen-bond acceptors (Lipinski definition) is 4. The molecule has 1 aliphatic rings. The summed E-state index contributed by atoms with van der Waals surface area (Å²) in [6.45, 7) is 2.33. The Morgan fingerprint density at radius 1 is 1.54 bits per heavy atom. The molecular weight excluding hydrogens is 182 g/mol. The molecule has 72 valence electrons. The van der Waals surface area contributed by atoms with Crippen LogP contribution in [0, 0.1) is 5.92 Å². The van der Waals surface area contributed by atoms with Crippen LogP contribution in [0.15, 0.2) is 6.20 Å². The molecule has 1 heterocycles. The van der Waals surface area contributed by atoms with Crippen molar-refractivity contribution in [3.8, 4) is 0 Å². The summed E-state index contributed by atoms with van der Waals surface area (Å²) in [7, 11) is 0. The van der Waals surface area contributed by atoms with E-state index in [1.165, 1.54) is 37.2 Å². The third kappa shape index (κ3) is 2.40. The van der Waals surface area contributed by atoms with Crippen LogP contribution in [0.5, 0.6) is 0 Å². The van der Waals surface area contributed by atoms with E-state index in [-0.39, 0.29) is 0 Å². The molecule has 1 fully saturated rings. The van der Waals surface area contributed by atoms with E-state index in [9.17, 15) is 0 Å². The van der Waals surface area contributed by atoms with Crippen LogP contribution in [-0.2, 0) is 0 Å². The van der Waals surface area contributed by atoms with Gasteiger partial charge in [0.15, 0.2) is 0 Å². The van der Waals surface area contributed by atoms with Gasteiger partial charge in [-0.25, -0.2) is 0 Å². The Kier molecular flexibility index (Phi) is 2.78. The van der Waals surface area contributed by atoms with Gasteiger partial charge in [-0.2, -0.15) is 0 Å². The fourth-order valence-corrected chi connectivity index (χ4v) is 2.49. The van der Waals surface area contributed by atoms with Crippen LogP contribution in [0.3, 0.4) is 0 Å². The molecule has 0 radical (unpaired) electrons. The molecule has 4 heteroatoms. The normalized spacial score (nSPS) is 28.7. The zero-order valence-electron chi connectivity index (χ0n) is 7.86. The summed E-state index contributed by atoms with van der Waals surface area (Å²) in [5, 5.41) is 8.41. The topological polar surface area (TPSA) is 37.8 Å². The first-order chi connectivity index (χ1) is 6.34. The van der Waals surface area contributed by atoms with Crippen molar-refractivity contribution in [3.05, 3.63) is 6.20 Å². The van der Waals surface area contributed by atoms with E-state index in [1.807, 2.05) is 6.20 Å². The van der Waals surface area contributed by atoms with Crippen molar-refractivity contribution < 1.29 is 0 Å². The standard InChI is InChI=1S/C9H15N3S/c1-7-3-2-4-8(5-7)11-9-6-10-12-13-9/h6-8,11H,2-5H2,1H3. The monoisotopic (exact) mass is 197 g/mol. The second kappa shape index (κ2) is 4.05. The number of rotatable bonds is 2. The van der Waals surface area contributed by atoms with E-state index >= 15 is 0 Å². The molecule has 0 bridgehead atoms. The van der Waals surface area contributed by atoms with Crippen LogP contribution in [0.4, 0.5) is 5.00 Å². The highest BCUT2D eigenvalue weighted by molar-refractivity contribution is 7.09. The van der Waals surface area contributed by atoms with Gasteiger partial charge in [0.2, 0.25) is 0 Å². The van der Waals surface area contributed by atoms with Gasteiger partial charge in [0.25, 0.3) is 0 Å². The predicted octanol–water partition coefficient (Wildman–Crippen LogP) is 2.53. The fraction of sp³-hybridized carbons (Fsp3) is 0.778. The van der Waals surface area contributed by atoms with Crippen LogP contribution >= 0.6 is 11.5 Å². The van der Waals surface area contributed by atoms with Gasteiger partial charge in [0, 0.05) is 17.6 Å². The summed E-state index contributed by atoms with van der Waals surface area (Å²) in [4.78, 5) is 0. The number of anilines is 1. The lowest BCUT2D eigenvalue weighted by atomic mass is 9.87. The molecule has 1 aromatic rings. The molecule has 3 nitrogen and oxygen atoms in total. The minimum absolute atomic E-state index is 0.644. The molecule has 0 saturated heterocycles. The summed E-state index contributed by atoms with van der Waals surface area (Å²) in [5.41, 5.74) is 0. The van der Waals surface area contributed by atoms with Crippen LogP contribution in [0.1, 0.15) is 32.6 Å². The maximum Gasteiger partial charge on any atom is 0.130 e. The Hall–Kier alpha value is -0.640. The highest BCUT2D eigenvalue weighted by atomic mass is 32.1. The largest absolute Gasteiger partial charge is 0.372 e. The van der Waals surface area contributed by atoms with E-state index in [2.05, 4.69) is 21.8 Å². The number of nitrogens with zero attached hydrogens (tertiary/aromatic N) is 2. The van der Waals surface area contributed by atoms with Gasteiger partial charge in [-0.1, -0.05) is 24.3 Å². The molecule has 0 spiro atoms. The first kappa shape index (κ1) is 8.94. The van der Waals surface area contributed by atoms with Crippen molar-refractivity contribution in [2.75, 3.05) is 5.32 Å². The Balaban J connectivity index is 1.87. The van der Waals surface area contributed by atoms with Gasteiger partial charge in [0.1, 0.15) is 5.00 Å². The van der Waals surface area contributed by atoms with Gasteiger partial charge in [0.05, 0.1) is 6.20 Å². The zero-order valence-corrected chi connectivity index (χ0v) is 8.68.